The smallest absolute Gasteiger partial charge is 0.297 e. The number of furan rings is 1. The molecule has 0 radical (unpaired) electrons. The first-order valence-corrected chi connectivity index (χ1v) is 12.2. The van der Waals surface area contributed by atoms with E-state index < -0.39 is 4.92 Å². The van der Waals surface area contributed by atoms with E-state index in [4.69, 9.17) is 9.41 Å². The van der Waals surface area contributed by atoms with Crippen LogP contribution in [0.25, 0.3) is 16.9 Å². The van der Waals surface area contributed by atoms with Crippen molar-refractivity contribution in [3.63, 3.8) is 0 Å². The molecular weight excluding hydrogens is 492 g/mol. The Bertz CT molecular complexity index is 1770. The number of nitrogens with zero attached hydrogens (tertiary/aromatic N) is 6. The summed E-state index contributed by atoms with van der Waals surface area (Å²) in [5.74, 6) is 1.27. The van der Waals surface area contributed by atoms with Gasteiger partial charge in [0.1, 0.15) is 11.5 Å². The summed E-state index contributed by atoms with van der Waals surface area (Å²) in [5, 5.41) is 17.7. The Morgan fingerprint density at radius 3 is 2.54 bits per heavy atom. The third-order valence-corrected chi connectivity index (χ3v) is 6.65. The fourth-order valence-corrected chi connectivity index (χ4v) is 4.72. The van der Waals surface area contributed by atoms with Gasteiger partial charge in [-0.3, -0.25) is 19.6 Å². The van der Waals surface area contributed by atoms with Gasteiger partial charge in [-0.25, -0.2) is 14.4 Å². The molecule has 0 bridgehead atoms. The van der Waals surface area contributed by atoms with Gasteiger partial charge in [0.25, 0.3) is 11.2 Å². The summed E-state index contributed by atoms with van der Waals surface area (Å²) in [6, 6.07) is 19.2. The van der Waals surface area contributed by atoms with Crippen molar-refractivity contribution in [3.8, 4) is 16.9 Å². The number of thiazole rings is 1. The first-order chi connectivity index (χ1) is 17.8. The van der Waals surface area contributed by atoms with Crippen LogP contribution < -0.4 is 10.4 Å². The molecule has 186 valence electrons. The van der Waals surface area contributed by atoms with Crippen LogP contribution in [0.4, 0.5) is 11.4 Å². The van der Waals surface area contributed by atoms with Gasteiger partial charge in [0.05, 0.1) is 28.2 Å². The Labute approximate surface area is 214 Å². The number of para-hydroxylation sites is 1. The zero-order valence-electron chi connectivity index (χ0n) is 20.2. The minimum Gasteiger partial charge on any atom is -0.460 e. The van der Waals surface area contributed by atoms with E-state index in [0.29, 0.717) is 27.5 Å². The van der Waals surface area contributed by atoms with Crippen molar-refractivity contribution in [3.05, 3.63) is 115 Å². The molecule has 0 fully saturated rings. The van der Waals surface area contributed by atoms with Crippen LogP contribution in [0.15, 0.2) is 91.4 Å². The van der Waals surface area contributed by atoms with Gasteiger partial charge in [0.2, 0.25) is 4.80 Å². The van der Waals surface area contributed by atoms with Crippen LogP contribution in [0.5, 0.6) is 0 Å². The van der Waals surface area contributed by atoms with E-state index in [1.54, 1.807) is 50.9 Å². The Morgan fingerprint density at radius 2 is 1.84 bits per heavy atom. The average Bonchev–Trinajstić information content (AvgIpc) is 3.56. The van der Waals surface area contributed by atoms with Gasteiger partial charge in [-0.2, -0.15) is 5.10 Å². The van der Waals surface area contributed by atoms with Crippen LogP contribution in [0.2, 0.25) is 0 Å². The van der Waals surface area contributed by atoms with Gasteiger partial charge in [0.15, 0.2) is 5.69 Å². The summed E-state index contributed by atoms with van der Waals surface area (Å²) < 4.78 is 10.5. The van der Waals surface area contributed by atoms with Gasteiger partial charge in [-0.1, -0.05) is 30.3 Å². The van der Waals surface area contributed by atoms with Crippen LogP contribution in [0.3, 0.4) is 0 Å². The zero-order valence-corrected chi connectivity index (χ0v) is 21.0. The van der Waals surface area contributed by atoms with Gasteiger partial charge in [-0.05, 0) is 38.1 Å². The number of nitro groups is 1. The molecule has 0 saturated heterocycles. The Balaban J connectivity index is 1.70. The van der Waals surface area contributed by atoms with E-state index in [9.17, 15) is 14.9 Å². The summed E-state index contributed by atoms with van der Waals surface area (Å²) in [6.07, 6.45) is 1.54. The van der Waals surface area contributed by atoms with Gasteiger partial charge < -0.3 is 4.42 Å². The second-order valence-electron chi connectivity index (χ2n) is 8.24. The molecule has 3 heterocycles. The van der Waals surface area contributed by atoms with Crippen molar-refractivity contribution in [2.45, 2.75) is 13.8 Å². The number of rotatable bonds is 6. The molecule has 5 rings (SSSR count). The number of non-ortho nitro benzene ring substituents is 1. The van der Waals surface area contributed by atoms with Crippen molar-refractivity contribution >= 4 is 28.9 Å². The maximum absolute atomic E-state index is 13.4. The van der Waals surface area contributed by atoms with Gasteiger partial charge >= 0.3 is 0 Å². The van der Waals surface area contributed by atoms with E-state index in [1.165, 1.54) is 23.5 Å². The number of benzene rings is 2. The highest BCUT2D eigenvalue weighted by Gasteiger charge is 2.17. The van der Waals surface area contributed by atoms with Crippen LogP contribution in [-0.4, -0.2) is 25.2 Å². The second-order valence-corrected chi connectivity index (χ2v) is 9.07. The summed E-state index contributed by atoms with van der Waals surface area (Å²) in [6.45, 7) is 3.66. The summed E-state index contributed by atoms with van der Waals surface area (Å²) in [5.41, 5.74) is 2.54. The van der Waals surface area contributed by atoms with E-state index in [0.717, 1.165) is 11.4 Å². The first-order valence-electron chi connectivity index (χ1n) is 11.3. The molecule has 0 aliphatic rings. The summed E-state index contributed by atoms with van der Waals surface area (Å²) in [4.78, 5) is 29.5. The molecule has 3 aromatic heterocycles. The van der Waals surface area contributed by atoms with Crippen molar-refractivity contribution < 1.29 is 9.34 Å². The number of aryl methyl sites for hydroxylation is 1. The predicted octanol–water partition coefficient (Wildman–Crippen LogP) is 4.94. The van der Waals surface area contributed by atoms with Crippen molar-refractivity contribution in [2.24, 2.45) is 17.1 Å². The minimum atomic E-state index is -0.445. The number of nitro benzene ring substituents is 1. The highest BCUT2D eigenvalue weighted by molar-refractivity contribution is 7.07. The summed E-state index contributed by atoms with van der Waals surface area (Å²) >= 11 is 1.27. The van der Waals surface area contributed by atoms with Gasteiger partial charge in [-0.15, -0.1) is 11.3 Å². The monoisotopic (exact) mass is 514 g/mol. The maximum Gasteiger partial charge on any atom is 0.297 e. The third kappa shape index (κ3) is 4.59. The molecule has 10 nitrogen and oxygen atoms in total. The average molecular weight is 515 g/mol. The molecule has 0 saturated carbocycles. The Hall–Kier alpha value is -4.77. The largest absolute Gasteiger partial charge is 0.460 e. The molecule has 0 spiro atoms. The normalized spacial score (nSPS) is 12.0. The highest BCUT2D eigenvalue weighted by Crippen LogP contribution is 2.25. The zero-order chi connectivity index (χ0) is 26.1. The molecule has 37 heavy (non-hydrogen) atoms. The topological polar surface area (TPSA) is 113 Å². The molecule has 5 aromatic rings. The van der Waals surface area contributed by atoms with E-state index in [-0.39, 0.29) is 16.9 Å². The molecule has 0 aliphatic heterocycles. The van der Waals surface area contributed by atoms with Crippen LogP contribution in [-0.2, 0) is 7.05 Å². The maximum atomic E-state index is 13.4. The Kier molecular flexibility index (Phi) is 6.28. The van der Waals surface area contributed by atoms with E-state index in [1.807, 2.05) is 50.2 Å². The quantitative estimate of drug-likeness (QED) is 0.181. The lowest BCUT2D eigenvalue weighted by Gasteiger charge is -2.07. The van der Waals surface area contributed by atoms with Crippen molar-refractivity contribution in [2.75, 3.05) is 0 Å². The van der Waals surface area contributed by atoms with E-state index >= 15 is 0 Å². The summed E-state index contributed by atoms with van der Waals surface area (Å²) in [7, 11) is 1.80. The number of aromatic nitrogens is 3. The Morgan fingerprint density at radius 1 is 1.05 bits per heavy atom. The van der Waals surface area contributed by atoms with Crippen molar-refractivity contribution in [1.82, 2.24) is 14.0 Å². The van der Waals surface area contributed by atoms with Crippen LogP contribution >= 0.6 is 11.3 Å². The lowest BCUT2D eigenvalue weighted by atomic mass is 10.1. The molecular formula is C26H22N6O4S. The fraction of sp³-hybridized carbons (Fsp3) is 0.115. The second kappa shape index (κ2) is 9.70. The fourth-order valence-electron chi connectivity index (χ4n) is 3.88. The van der Waals surface area contributed by atoms with Crippen LogP contribution in [0, 0.1) is 24.0 Å². The minimum absolute atomic E-state index is 0.0379. The predicted molar refractivity (Wildman–Crippen MR) is 142 cm³/mol. The molecule has 0 unspecified atom stereocenters. The van der Waals surface area contributed by atoms with Gasteiger partial charge in [0, 0.05) is 30.1 Å². The lowest BCUT2D eigenvalue weighted by molar-refractivity contribution is -0.384. The molecule has 11 heteroatoms. The standard InChI is InChI=1S/C26H22N6O4S/c1-17-12-13-22(36-17)15-27-30-23(19-8-7-11-21(14-19)32(34)35)16-37-26(30)28-24-18(2)29(3)31(25(24)33)20-9-5-4-6-10-20/h4-16H,1-3H3. The molecule has 0 amide bonds. The van der Waals surface area contributed by atoms with Crippen molar-refractivity contribution in [1.29, 1.82) is 0 Å². The first kappa shape index (κ1) is 23.9. The molecule has 0 aliphatic carbocycles. The number of hydrogen-bond donors (Lipinski definition) is 0. The number of hydrogen-bond acceptors (Lipinski definition) is 7. The van der Waals surface area contributed by atoms with Crippen LogP contribution in [0.1, 0.15) is 17.2 Å². The third-order valence-electron chi connectivity index (χ3n) is 5.83. The molecule has 0 N–H and O–H groups in total. The lowest BCUT2D eigenvalue weighted by Crippen LogP contribution is -2.19. The molecule has 0 atom stereocenters. The molecule has 2 aromatic carbocycles. The highest BCUT2D eigenvalue weighted by atomic mass is 32.1. The van der Waals surface area contributed by atoms with E-state index in [2.05, 4.69) is 5.10 Å². The SMILES string of the molecule is Cc1ccc(C=Nn2c(-c3cccc([N+](=O)[O-])c3)csc2=Nc2c(C)n(C)n(-c3ccccc3)c2=O)o1.